The third-order valence-electron chi connectivity index (χ3n) is 12.3. The number of carbonyl (C=O) groups excluding carboxylic acids is 2. The number of nitrogens with zero attached hydrogens (tertiary/aromatic N) is 2. The average Bonchev–Trinajstić information content (AvgIpc) is 3.79. The SMILES string of the molecule is O=C1c2cccc(-n3c4cc(-c5ccc(C(F)(F)F)cc5C(F)(F)F)ccc4c4ccc(-c5ccc(C(F)(F)F)cc5C(F)(F)F)cc43)c2C(=O)N1c1ccc(-c2ccccc2)cc1-c1ccccc1. The van der Waals surface area contributed by atoms with E-state index in [1.165, 1.54) is 59.2 Å². The van der Waals surface area contributed by atoms with Gasteiger partial charge in [0.15, 0.2) is 0 Å². The predicted octanol–water partition coefficient (Wildman–Crippen LogP) is 16.3. The zero-order valence-electron chi connectivity index (χ0n) is 35.4. The molecule has 0 atom stereocenters. The van der Waals surface area contributed by atoms with Gasteiger partial charge in [-0.15, -0.1) is 0 Å². The molecule has 1 aromatic heterocycles. The van der Waals surface area contributed by atoms with E-state index in [2.05, 4.69) is 0 Å². The van der Waals surface area contributed by atoms with Crippen LogP contribution in [0.15, 0.2) is 170 Å². The minimum absolute atomic E-state index is 0.00502. The van der Waals surface area contributed by atoms with Gasteiger partial charge in [0.1, 0.15) is 0 Å². The molecule has 0 fully saturated rings. The third-order valence-corrected chi connectivity index (χ3v) is 12.3. The molecule has 0 unspecified atom stereocenters. The summed E-state index contributed by atoms with van der Waals surface area (Å²) < 4.78 is 171. The first kappa shape index (κ1) is 45.6. The summed E-state index contributed by atoms with van der Waals surface area (Å²) in [6.45, 7) is 0. The predicted molar refractivity (Wildman–Crippen MR) is 240 cm³/mol. The van der Waals surface area contributed by atoms with E-state index in [9.17, 15) is 57.5 Å². The van der Waals surface area contributed by atoms with E-state index in [-0.39, 0.29) is 67.6 Å². The van der Waals surface area contributed by atoms with Crippen LogP contribution in [0.2, 0.25) is 0 Å². The normalized spacial score (nSPS) is 13.5. The van der Waals surface area contributed by atoms with Gasteiger partial charge >= 0.3 is 24.7 Å². The molecule has 70 heavy (non-hydrogen) atoms. The molecule has 0 aliphatic carbocycles. The minimum atomic E-state index is -5.29. The number of hydrogen-bond donors (Lipinski definition) is 0. The molecule has 1 aliphatic heterocycles. The van der Waals surface area contributed by atoms with E-state index in [1.807, 2.05) is 36.4 Å². The quantitative estimate of drug-likeness (QED) is 0.123. The molecule has 4 nitrogen and oxygen atoms in total. The molecule has 0 bridgehead atoms. The molecule has 10 rings (SSSR count). The molecular formula is C54H28F12N2O2. The third kappa shape index (κ3) is 7.82. The molecule has 0 radical (unpaired) electrons. The molecule has 1 aliphatic rings. The number of amides is 2. The maximum absolute atomic E-state index is 15.1. The number of benzene rings is 8. The fourth-order valence-corrected chi connectivity index (χ4v) is 9.09. The Balaban J connectivity index is 1.22. The van der Waals surface area contributed by atoms with E-state index in [4.69, 9.17) is 0 Å². The topological polar surface area (TPSA) is 42.3 Å². The average molecular weight is 965 g/mol. The van der Waals surface area contributed by atoms with Crippen LogP contribution in [0, 0.1) is 0 Å². The summed E-state index contributed by atoms with van der Waals surface area (Å²) in [5, 5.41) is 0.478. The summed E-state index contributed by atoms with van der Waals surface area (Å²) >= 11 is 0. The van der Waals surface area contributed by atoms with Crippen LogP contribution in [0.5, 0.6) is 0 Å². The van der Waals surface area contributed by atoms with Gasteiger partial charge in [-0.25, -0.2) is 4.90 Å². The number of aromatic nitrogens is 1. The maximum atomic E-state index is 15.1. The number of imide groups is 1. The van der Waals surface area contributed by atoms with Gasteiger partial charge in [-0.1, -0.05) is 109 Å². The highest BCUT2D eigenvalue weighted by Gasteiger charge is 2.42. The molecule has 16 heteroatoms. The summed E-state index contributed by atoms with van der Waals surface area (Å²) in [5.74, 6) is -1.63. The fraction of sp³-hybridized carbons (Fsp3) is 0.0741. The Morgan fingerprint density at radius 3 is 1.30 bits per heavy atom. The first-order chi connectivity index (χ1) is 33.1. The number of anilines is 1. The van der Waals surface area contributed by atoms with Gasteiger partial charge in [-0.05, 0) is 99.6 Å². The second-order valence-corrected chi connectivity index (χ2v) is 16.4. The van der Waals surface area contributed by atoms with Crippen molar-refractivity contribution in [2.24, 2.45) is 0 Å². The van der Waals surface area contributed by atoms with Crippen molar-refractivity contribution in [3.05, 3.63) is 203 Å². The van der Waals surface area contributed by atoms with Crippen molar-refractivity contribution in [1.29, 1.82) is 0 Å². The van der Waals surface area contributed by atoms with Gasteiger partial charge in [-0.2, -0.15) is 52.7 Å². The summed E-state index contributed by atoms with van der Waals surface area (Å²) in [4.78, 5) is 30.7. The molecule has 2 heterocycles. The van der Waals surface area contributed by atoms with Crippen LogP contribution < -0.4 is 4.90 Å². The van der Waals surface area contributed by atoms with Gasteiger partial charge in [0.25, 0.3) is 11.8 Å². The van der Waals surface area contributed by atoms with E-state index < -0.39 is 69.9 Å². The van der Waals surface area contributed by atoms with Crippen LogP contribution in [-0.4, -0.2) is 16.4 Å². The van der Waals surface area contributed by atoms with Crippen LogP contribution in [0.25, 0.3) is 72.0 Å². The highest BCUT2D eigenvalue weighted by atomic mass is 19.4. The fourth-order valence-electron chi connectivity index (χ4n) is 9.09. The zero-order valence-corrected chi connectivity index (χ0v) is 35.4. The van der Waals surface area contributed by atoms with Gasteiger partial charge in [-0.3, -0.25) is 9.59 Å². The molecule has 0 saturated heterocycles. The molecular weight excluding hydrogens is 937 g/mol. The number of halogens is 12. The summed E-state index contributed by atoms with van der Waals surface area (Å²) in [5.41, 5.74) is -5.72. The van der Waals surface area contributed by atoms with Crippen LogP contribution in [0.4, 0.5) is 58.4 Å². The molecule has 8 aromatic carbocycles. The Morgan fingerprint density at radius 2 is 0.814 bits per heavy atom. The minimum Gasteiger partial charge on any atom is -0.308 e. The number of fused-ring (bicyclic) bond motifs is 4. The largest absolute Gasteiger partial charge is 0.417 e. The number of carbonyl (C=O) groups is 2. The monoisotopic (exact) mass is 964 g/mol. The molecule has 0 N–H and O–H groups in total. The molecule has 0 spiro atoms. The standard InChI is InChI=1S/C54H28F12N2O2/c55-51(56,57)34-17-21-36(42(27-34)53(61,62)63)32-14-19-38-39-20-15-33(37-22-18-35(52(58,59)60)28-43(37)54(64,65)66)26-47(39)67(46(38)25-32)45-13-7-12-40-48(45)50(70)68(49(40)69)44-23-16-31(29-8-3-1-4-9-29)24-41(44)30-10-5-2-6-11-30/h1-28H. The van der Waals surface area contributed by atoms with Crippen molar-refractivity contribution in [1.82, 2.24) is 4.57 Å². The zero-order chi connectivity index (χ0) is 49.7. The summed E-state index contributed by atoms with van der Waals surface area (Å²) in [7, 11) is 0. The molecule has 2 amide bonds. The number of alkyl halides is 12. The molecule has 9 aromatic rings. The Kier molecular flexibility index (Phi) is 10.6. The van der Waals surface area contributed by atoms with Crippen LogP contribution in [0.1, 0.15) is 43.0 Å². The van der Waals surface area contributed by atoms with Crippen molar-refractivity contribution in [2.45, 2.75) is 24.7 Å². The lowest BCUT2D eigenvalue weighted by Gasteiger charge is -2.20. The van der Waals surface area contributed by atoms with Crippen molar-refractivity contribution in [3.63, 3.8) is 0 Å². The smallest absolute Gasteiger partial charge is 0.308 e. The van der Waals surface area contributed by atoms with Crippen molar-refractivity contribution in [2.75, 3.05) is 4.90 Å². The lowest BCUT2D eigenvalue weighted by Crippen LogP contribution is -2.30. The highest BCUT2D eigenvalue weighted by molar-refractivity contribution is 6.36. The molecule has 0 saturated carbocycles. The Bertz CT molecular complexity index is 3460. The second kappa shape index (κ2) is 16.2. The number of hydrogen-bond acceptors (Lipinski definition) is 2. The number of rotatable bonds is 6. The van der Waals surface area contributed by atoms with Gasteiger partial charge in [0.05, 0.1) is 55.8 Å². The van der Waals surface area contributed by atoms with Crippen molar-refractivity contribution >= 4 is 39.3 Å². The van der Waals surface area contributed by atoms with Crippen LogP contribution >= 0.6 is 0 Å². The van der Waals surface area contributed by atoms with Gasteiger partial charge in [0.2, 0.25) is 0 Å². The maximum Gasteiger partial charge on any atom is 0.417 e. The van der Waals surface area contributed by atoms with Crippen LogP contribution in [0.3, 0.4) is 0 Å². The van der Waals surface area contributed by atoms with Crippen molar-refractivity contribution in [3.8, 4) is 50.2 Å². The van der Waals surface area contributed by atoms with Gasteiger partial charge < -0.3 is 4.57 Å². The lowest BCUT2D eigenvalue weighted by atomic mass is 9.95. The van der Waals surface area contributed by atoms with E-state index in [0.717, 1.165) is 16.0 Å². The summed E-state index contributed by atoms with van der Waals surface area (Å²) in [6, 6.07) is 37.3. The van der Waals surface area contributed by atoms with E-state index in [0.29, 0.717) is 35.4 Å². The van der Waals surface area contributed by atoms with Gasteiger partial charge in [0, 0.05) is 16.3 Å². The first-order valence-electron chi connectivity index (χ1n) is 21.0. The lowest BCUT2D eigenvalue weighted by molar-refractivity contribution is -0.144. The molecule has 350 valence electrons. The van der Waals surface area contributed by atoms with E-state index in [1.54, 1.807) is 42.5 Å². The van der Waals surface area contributed by atoms with Crippen LogP contribution in [-0.2, 0) is 24.7 Å². The summed E-state index contributed by atoms with van der Waals surface area (Å²) in [6.07, 6.45) is -20.9. The first-order valence-corrected chi connectivity index (χ1v) is 21.0. The van der Waals surface area contributed by atoms with E-state index >= 15 is 4.79 Å². The van der Waals surface area contributed by atoms with Crippen molar-refractivity contribution < 1.29 is 62.3 Å². The Hall–Kier alpha value is -8.14. The Labute approximate surface area is 388 Å². The highest BCUT2D eigenvalue weighted by Crippen LogP contribution is 2.47. The Morgan fingerprint density at radius 1 is 0.329 bits per heavy atom. The second-order valence-electron chi connectivity index (χ2n) is 16.4.